The zero-order chi connectivity index (χ0) is 55.1. The third-order valence-electron chi connectivity index (χ3n) is 15.7. The molecule has 0 aliphatic rings. The first-order valence-electron chi connectivity index (χ1n) is 33.8. The van der Waals surface area contributed by atoms with Crippen LogP contribution in [0.5, 0.6) is 0 Å². The Bertz CT molecular complexity index is 1250. The van der Waals surface area contributed by atoms with Gasteiger partial charge >= 0.3 is 5.97 Å². The number of amides is 1. The summed E-state index contributed by atoms with van der Waals surface area (Å²) in [7, 11) is 0. The molecule has 0 saturated carbocycles. The predicted molar refractivity (Wildman–Crippen MR) is 330 cm³/mol. The van der Waals surface area contributed by atoms with E-state index in [1.807, 2.05) is 0 Å². The highest BCUT2D eigenvalue weighted by molar-refractivity contribution is 5.76. The maximum Gasteiger partial charge on any atom is 0.305 e. The summed E-state index contributed by atoms with van der Waals surface area (Å²) >= 11 is 0. The van der Waals surface area contributed by atoms with E-state index in [0.29, 0.717) is 25.9 Å². The molecule has 0 rings (SSSR count). The standard InChI is InChI=1S/C69H131NO6/c1-3-5-7-9-11-13-15-17-31-36-40-44-48-52-56-60-69(75)76-63-57-53-49-45-41-37-33-30-28-26-24-22-20-18-19-21-23-25-27-29-32-35-39-43-47-51-55-59-68(74)70-66(64-71)67(73)62-61-65(72)58-54-50-46-42-38-34-16-14-12-10-8-6-4-2/h11,13,17,31,61-62,65-67,71-73H,3-10,12,14-16,18-30,32-60,63-64H2,1-2H3,(H,70,74)/b13-11-,31-17-,62-61+/t65-,66+,67-/m1/s1. The largest absolute Gasteiger partial charge is 0.466 e. The highest BCUT2D eigenvalue weighted by Crippen LogP contribution is 2.18. The van der Waals surface area contributed by atoms with Gasteiger partial charge in [-0.2, -0.15) is 0 Å². The Morgan fingerprint density at radius 3 is 1.13 bits per heavy atom. The molecule has 7 nitrogen and oxygen atoms in total. The van der Waals surface area contributed by atoms with Crippen LogP contribution in [0.1, 0.15) is 361 Å². The lowest BCUT2D eigenvalue weighted by Crippen LogP contribution is -2.45. The van der Waals surface area contributed by atoms with Gasteiger partial charge in [0.05, 0.1) is 31.5 Å². The van der Waals surface area contributed by atoms with Crippen LogP contribution in [0.2, 0.25) is 0 Å². The number of esters is 1. The van der Waals surface area contributed by atoms with Crippen molar-refractivity contribution in [3.05, 3.63) is 36.5 Å². The number of hydrogen-bond donors (Lipinski definition) is 4. The Kier molecular flexibility index (Phi) is 62.2. The molecule has 0 radical (unpaired) electrons. The van der Waals surface area contributed by atoms with Crippen molar-refractivity contribution in [1.82, 2.24) is 5.32 Å². The zero-order valence-electron chi connectivity index (χ0n) is 50.9. The van der Waals surface area contributed by atoms with Gasteiger partial charge in [0.15, 0.2) is 0 Å². The van der Waals surface area contributed by atoms with Crippen molar-refractivity contribution in [2.75, 3.05) is 13.2 Å². The maximum atomic E-state index is 12.5. The van der Waals surface area contributed by atoms with Gasteiger partial charge in [0, 0.05) is 12.8 Å². The second-order valence-electron chi connectivity index (χ2n) is 23.3. The first-order valence-corrected chi connectivity index (χ1v) is 33.8. The highest BCUT2D eigenvalue weighted by Gasteiger charge is 2.18. The maximum absolute atomic E-state index is 12.5. The van der Waals surface area contributed by atoms with Crippen LogP contribution in [0, 0.1) is 0 Å². The van der Waals surface area contributed by atoms with E-state index in [4.69, 9.17) is 4.74 Å². The number of unbranched alkanes of at least 4 members (excludes halogenated alkanes) is 46. The van der Waals surface area contributed by atoms with Crippen molar-refractivity contribution in [3.8, 4) is 0 Å². The fourth-order valence-corrected chi connectivity index (χ4v) is 10.5. The van der Waals surface area contributed by atoms with Gasteiger partial charge in [0.2, 0.25) is 5.91 Å². The normalized spacial score (nSPS) is 13.2. The molecule has 0 bridgehead atoms. The number of allylic oxidation sites excluding steroid dienone is 4. The third kappa shape index (κ3) is 59.7. The Labute approximate surface area is 473 Å². The predicted octanol–water partition coefficient (Wildman–Crippen LogP) is 20.5. The Morgan fingerprint density at radius 1 is 0.395 bits per heavy atom. The minimum Gasteiger partial charge on any atom is -0.466 e. The molecule has 0 unspecified atom stereocenters. The molecule has 0 aliphatic carbocycles. The van der Waals surface area contributed by atoms with Crippen molar-refractivity contribution in [2.24, 2.45) is 0 Å². The van der Waals surface area contributed by atoms with Gasteiger partial charge in [-0.15, -0.1) is 0 Å². The van der Waals surface area contributed by atoms with Crippen molar-refractivity contribution < 1.29 is 29.6 Å². The Balaban J connectivity index is 3.42. The molecule has 7 heteroatoms. The number of rotatable bonds is 63. The summed E-state index contributed by atoms with van der Waals surface area (Å²) in [5, 5.41) is 33.5. The van der Waals surface area contributed by atoms with Crippen molar-refractivity contribution in [3.63, 3.8) is 0 Å². The molecule has 0 spiro atoms. The van der Waals surface area contributed by atoms with Gasteiger partial charge in [0.25, 0.3) is 0 Å². The van der Waals surface area contributed by atoms with Crippen molar-refractivity contribution >= 4 is 11.9 Å². The topological polar surface area (TPSA) is 116 Å². The Morgan fingerprint density at radius 2 is 0.724 bits per heavy atom. The lowest BCUT2D eigenvalue weighted by atomic mass is 10.0. The minimum absolute atomic E-state index is 0.00113. The molecule has 1 amide bonds. The fraction of sp³-hybridized carbons (Fsp3) is 0.884. The van der Waals surface area contributed by atoms with Crippen molar-refractivity contribution in [2.45, 2.75) is 379 Å². The number of ether oxygens (including phenoxy) is 1. The van der Waals surface area contributed by atoms with Gasteiger partial charge in [0.1, 0.15) is 0 Å². The molecule has 0 heterocycles. The van der Waals surface area contributed by atoms with Crippen LogP contribution in [0.4, 0.5) is 0 Å². The van der Waals surface area contributed by atoms with Crippen LogP contribution in [-0.2, 0) is 14.3 Å². The number of aliphatic hydroxyl groups is 3. The molecule has 448 valence electrons. The second kappa shape index (κ2) is 63.9. The Hall–Kier alpha value is -1.96. The van der Waals surface area contributed by atoms with Gasteiger partial charge in [-0.05, 0) is 57.8 Å². The van der Waals surface area contributed by atoms with Gasteiger partial charge < -0.3 is 25.4 Å². The average molecular weight is 1070 g/mol. The molecule has 3 atom stereocenters. The molecular formula is C69H131NO6. The summed E-state index contributed by atoms with van der Waals surface area (Å²) in [6.45, 7) is 4.79. The first kappa shape index (κ1) is 74.0. The third-order valence-corrected chi connectivity index (χ3v) is 15.7. The molecule has 0 aromatic rings. The molecule has 4 N–H and O–H groups in total. The number of aliphatic hydroxyl groups excluding tert-OH is 3. The zero-order valence-corrected chi connectivity index (χ0v) is 50.9. The van der Waals surface area contributed by atoms with Gasteiger partial charge in [-0.1, -0.05) is 326 Å². The van der Waals surface area contributed by atoms with Gasteiger partial charge in [-0.3, -0.25) is 9.59 Å². The van der Waals surface area contributed by atoms with Crippen LogP contribution in [0.25, 0.3) is 0 Å². The van der Waals surface area contributed by atoms with Gasteiger partial charge in [-0.25, -0.2) is 0 Å². The molecule has 0 fully saturated rings. The average Bonchev–Trinajstić information content (AvgIpc) is 3.42. The van der Waals surface area contributed by atoms with Crippen LogP contribution < -0.4 is 5.32 Å². The van der Waals surface area contributed by atoms with E-state index < -0.39 is 18.2 Å². The summed E-state index contributed by atoms with van der Waals surface area (Å²) in [5.74, 6) is -0.126. The van der Waals surface area contributed by atoms with E-state index in [9.17, 15) is 24.9 Å². The minimum atomic E-state index is -1.02. The van der Waals surface area contributed by atoms with Crippen molar-refractivity contribution in [1.29, 1.82) is 0 Å². The fourth-order valence-electron chi connectivity index (χ4n) is 10.5. The first-order chi connectivity index (χ1) is 37.4. The van der Waals surface area contributed by atoms with Crippen LogP contribution in [-0.4, -0.2) is 58.7 Å². The van der Waals surface area contributed by atoms with E-state index in [1.54, 1.807) is 6.08 Å². The molecule has 0 aromatic carbocycles. The van der Waals surface area contributed by atoms with E-state index in [-0.39, 0.29) is 18.5 Å². The molecule has 76 heavy (non-hydrogen) atoms. The summed E-state index contributed by atoms with van der Waals surface area (Å²) < 4.78 is 5.48. The van der Waals surface area contributed by atoms with E-state index >= 15 is 0 Å². The van der Waals surface area contributed by atoms with Crippen LogP contribution in [0.15, 0.2) is 36.5 Å². The molecule has 0 aromatic heterocycles. The summed E-state index contributed by atoms with van der Waals surface area (Å²) in [6, 6.07) is -0.749. The smallest absolute Gasteiger partial charge is 0.305 e. The van der Waals surface area contributed by atoms with E-state index in [2.05, 4.69) is 43.5 Å². The molecule has 0 aliphatic heterocycles. The van der Waals surface area contributed by atoms with E-state index in [0.717, 1.165) is 57.8 Å². The quantitative estimate of drug-likeness (QED) is 0.0274. The van der Waals surface area contributed by atoms with E-state index in [1.165, 1.54) is 276 Å². The number of nitrogens with one attached hydrogen (secondary N) is 1. The molecule has 0 saturated heterocycles. The summed E-state index contributed by atoms with van der Waals surface area (Å²) in [4.78, 5) is 24.6. The summed E-state index contributed by atoms with van der Waals surface area (Å²) in [5.41, 5.74) is 0. The number of carbonyl (C=O) groups excluding carboxylic acids is 2. The number of hydrogen-bond acceptors (Lipinski definition) is 6. The highest BCUT2D eigenvalue weighted by atomic mass is 16.5. The summed E-state index contributed by atoms with van der Waals surface area (Å²) in [6.07, 6.45) is 77.9. The second-order valence-corrected chi connectivity index (χ2v) is 23.3. The lowest BCUT2D eigenvalue weighted by molar-refractivity contribution is -0.143. The lowest BCUT2D eigenvalue weighted by Gasteiger charge is -2.20. The number of carbonyl (C=O) groups is 2. The monoisotopic (exact) mass is 1070 g/mol. The van der Waals surface area contributed by atoms with Crippen LogP contribution in [0.3, 0.4) is 0 Å². The van der Waals surface area contributed by atoms with Crippen LogP contribution >= 0.6 is 0 Å². The SMILES string of the molecule is CCCCC/C=C\C/C=C\CCCCCCCC(=O)OCCCCCCCCCCCCCCCCCCCCCCCCCCCCCC(=O)N[C@@H](CO)[C@H](O)/C=C/[C@H](O)CCCCCCCCCCCCCCC. The molecular weight excluding hydrogens is 939 g/mol.